The average molecular weight is 500 g/mol. The van der Waals surface area contributed by atoms with Crippen molar-refractivity contribution >= 4 is 46.3 Å². The zero-order chi connectivity index (χ0) is 24.7. The molecule has 1 amide bonds. The number of nitrogens with zero attached hydrogens (tertiary/aromatic N) is 1. The number of aliphatic hydroxyl groups excluding tert-OH is 1. The Bertz CT molecular complexity index is 1350. The van der Waals surface area contributed by atoms with Crippen LogP contribution in [-0.4, -0.2) is 23.9 Å². The van der Waals surface area contributed by atoms with Crippen molar-refractivity contribution in [2.45, 2.75) is 19.9 Å². The number of ether oxygens (including phenoxy) is 1. The van der Waals surface area contributed by atoms with Gasteiger partial charge in [0.1, 0.15) is 17.3 Å². The van der Waals surface area contributed by atoms with Gasteiger partial charge in [0, 0.05) is 16.3 Å². The predicted octanol–water partition coefficient (Wildman–Crippen LogP) is 6.38. The lowest BCUT2D eigenvalue weighted by atomic mass is 9.93. The number of carbonyl (C=O) groups excluding carboxylic acids is 2. The van der Waals surface area contributed by atoms with Crippen LogP contribution in [0.4, 0.5) is 10.1 Å². The Labute approximate surface area is 206 Å². The largest absolute Gasteiger partial charge is 0.507 e. The van der Waals surface area contributed by atoms with Crippen LogP contribution in [0.2, 0.25) is 10.0 Å². The van der Waals surface area contributed by atoms with Crippen molar-refractivity contribution in [1.82, 2.24) is 0 Å². The van der Waals surface area contributed by atoms with Crippen molar-refractivity contribution in [2.24, 2.45) is 0 Å². The molecule has 3 aromatic rings. The summed E-state index contributed by atoms with van der Waals surface area (Å²) in [5.41, 5.74) is 2.46. The molecule has 1 aliphatic heterocycles. The third-order valence-corrected chi connectivity index (χ3v) is 6.35. The molecule has 1 unspecified atom stereocenters. The monoisotopic (exact) mass is 499 g/mol. The first-order valence-electron chi connectivity index (χ1n) is 10.3. The third kappa shape index (κ3) is 4.04. The molecule has 34 heavy (non-hydrogen) atoms. The molecule has 1 aliphatic rings. The molecule has 8 heteroatoms. The van der Waals surface area contributed by atoms with Crippen LogP contribution in [0.15, 0.2) is 60.2 Å². The van der Waals surface area contributed by atoms with E-state index in [0.29, 0.717) is 27.5 Å². The number of hydrogen-bond donors (Lipinski definition) is 1. The Kier molecular flexibility index (Phi) is 6.39. The number of halogens is 3. The number of aliphatic hydroxyl groups is 1. The topological polar surface area (TPSA) is 66.8 Å². The number of Topliss-reactive ketones (excluding diaryl/α,β-unsaturated/α-hetero) is 1. The average Bonchev–Trinajstić information content (AvgIpc) is 3.07. The summed E-state index contributed by atoms with van der Waals surface area (Å²) in [7, 11) is 1.54. The Hall–Kier alpha value is -3.35. The number of ketones is 1. The van der Waals surface area contributed by atoms with Gasteiger partial charge < -0.3 is 9.84 Å². The lowest BCUT2D eigenvalue weighted by Crippen LogP contribution is -2.29. The maximum absolute atomic E-state index is 13.8. The maximum atomic E-state index is 13.8. The minimum atomic E-state index is -0.986. The number of carbonyl (C=O) groups is 2. The first-order valence-corrected chi connectivity index (χ1v) is 11.1. The van der Waals surface area contributed by atoms with E-state index in [2.05, 4.69) is 0 Å². The standard InChI is InChI=1S/C26H20Cl2FNO4/c1-13-11-21(34-3)14(2)10-18(13)24(31)22-23(15-4-6-16(27)7-5-15)30(26(33)25(22)32)17-8-9-20(29)19(28)12-17/h4-12,23,31H,1-3H3/b24-22+. The maximum Gasteiger partial charge on any atom is 0.300 e. The number of benzene rings is 3. The number of aryl methyl sites for hydroxylation is 2. The van der Waals surface area contributed by atoms with Gasteiger partial charge in [0.05, 0.1) is 23.7 Å². The van der Waals surface area contributed by atoms with Crippen molar-refractivity contribution < 1.29 is 23.8 Å². The summed E-state index contributed by atoms with van der Waals surface area (Å²) in [5.74, 6) is -2.09. The lowest BCUT2D eigenvalue weighted by molar-refractivity contribution is -0.132. The summed E-state index contributed by atoms with van der Waals surface area (Å²) in [6.07, 6.45) is 0. The zero-order valence-corrected chi connectivity index (χ0v) is 20.0. The molecular weight excluding hydrogens is 480 g/mol. The minimum Gasteiger partial charge on any atom is -0.507 e. The smallest absolute Gasteiger partial charge is 0.300 e. The Balaban J connectivity index is 1.98. The van der Waals surface area contributed by atoms with Crippen molar-refractivity contribution in [3.63, 3.8) is 0 Å². The second-order valence-electron chi connectivity index (χ2n) is 7.96. The fourth-order valence-corrected chi connectivity index (χ4v) is 4.40. The van der Waals surface area contributed by atoms with E-state index >= 15 is 0 Å². The summed E-state index contributed by atoms with van der Waals surface area (Å²) in [4.78, 5) is 27.7. The van der Waals surface area contributed by atoms with Crippen LogP contribution in [0.3, 0.4) is 0 Å². The van der Waals surface area contributed by atoms with Crippen LogP contribution < -0.4 is 9.64 Å². The molecule has 0 aromatic heterocycles. The first kappa shape index (κ1) is 23.8. The van der Waals surface area contributed by atoms with E-state index in [-0.39, 0.29) is 22.0 Å². The van der Waals surface area contributed by atoms with Crippen LogP contribution in [0.25, 0.3) is 5.76 Å². The second-order valence-corrected chi connectivity index (χ2v) is 8.80. The number of methoxy groups -OCH3 is 1. The van der Waals surface area contributed by atoms with Crippen LogP contribution >= 0.6 is 23.2 Å². The van der Waals surface area contributed by atoms with Crippen LogP contribution in [-0.2, 0) is 9.59 Å². The first-order chi connectivity index (χ1) is 16.1. The van der Waals surface area contributed by atoms with E-state index in [9.17, 15) is 19.1 Å². The molecule has 0 radical (unpaired) electrons. The molecule has 1 heterocycles. The van der Waals surface area contributed by atoms with Gasteiger partial charge in [-0.3, -0.25) is 14.5 Å². The highest BCUT2D eigenvalue weighted by Crippen LogP contribution is 2.43. The van der Waals surface area contributed by atoms with E-state index in [4.69, 9.17) is 27.9 Å². The number of amides is 1. The van der Waals surface area contributed by atoms with E-state index in [1.165, 1.54) is 17.0 Å². The van der Waals surface area contributed by atoms with Gasteiger partial charge in [-0.05, 0) is 73.0 Å². The summed E-state index contributed by atoms with van der Waals surface area (Å²) in [6, 6.07) is 12.8. The minimum absolute atomic E-state index is 0.0968. The number of rotatable bonds is 4. The molecule has 0 bridgehead atoms. The van der Waals surface area contributed by atoms with Crippen molar-refractivity contribution in [1.29, 1.82) is 0 Å². The molecule has 0 aliphatic carbocycles. The fourth-order valence-electron chi connectivity index (χ4n) is 4.10. The van der Waals surface area contributed by atoms with Gasteiger partial charge in [0.25, 0.3) is 11.7 Å². The molecule has 1 fully saturated rings. The number of hydrogen-bond acceptors (Lipinski definition) is 4. The van der Waals surface area contributed by atoms with Gasteiger partial charge in [0.2, 0.25) is 0 Å². The summed E-state index contributed by atoms with van der Waals surface area (Å²) >= 11 is 12.0. The SMILES string of the molecule is COc1cc(C)c(/C(O)=C2\C(=O)C(=O)N(c3ccc(F)c(Cl)c3)C2c2ccc(Cl)cc2)cc1C. The molecule has 1 saturated heterocycles. The van der Waals surface area contributed by atoms with Crippen molar-refractivity contribution in [3.8, 4) is 5.75 Å². The lowest BCUT2D eigenvalue weighted by Gasteiger charge is -2.26. The number of anilines is 1. The van der Waals surface area contributed by atoms with Gasteiger partial charge in [-0.1, -0.05) is 35.3 Å². The summed E-state index contributed by atoms with van der Waals surface area (Å²) in [6.45, 7) is 3.58. The molecule has 3 aromatic carbocycles. The molecule has 1 N–H and O–H groups in total. The molecule has 174 valence electrons. The van der Waals surface area contributed by atoms with Gasteiger partial charge in [-0.15, -0.1) is 0 Å². The molecule has 5 nitrogen and oxygen atoms in total. The summed E-state index contributed by atoms with van der Waals surface area (Å²) < 4.78 is 19.2. The second kappa shape index (κ2) is 9.12. The van der Waals surface area contributed by atoms with Crippen molar-refractivity contribution in [3.05, 3.63) is 98.3 Å². The summed E-state index contributed by atoms with van der Waals surface area (Å²) in [5, 5.41) is 11.6. The third-order valence-electron chi connectivity index (χ3n) is 5.81. The normalized spacial score (nSPS) is 17.4. The predicted molar refractivity (Wildman–Crippen MR) is 130 cm³/mol. The highest BCUT2D eigenvalue weighted by atomic mass is 35.5. The zero-order valence-electron chi connectivity index (χ0n) is 18.5. The molecular formula is C26H20Cl2FNO4. The molecule has 0 spiro atoms. The Morgan fingerprint density at radius 3 is 2.29 bits per heavy atom. The van der Waals surface area contributed by atoms with Gasteiger partial charge in [-0.25, -0.2) is 4.39 Å². The van der Waals surface area contributed by atoms with Crippen LogP contribution in [0, 0.1) is 19.7 Å². The van der Waals surface area contributed by atoms with Crippen LogP contribution in [0.5, 0.6) is 5.75 Å². The highest BCUT2D eigenvalue weighted by Gasteiger charge is 2.47. The van der Waals surface area contributed by atoms with E-state index in [1.807, 2.05) is 6.92 Å². The van der Waals surface area contributed by atoms with Gasteiger partial charge in [0.15, 0.2) is 0 Å². The Morgan fingerprint density at radius 1 is 1.00 bits per heavy atom. The van der Waals surface area contributed by atoms with E-state index in [1.54, 1.807) is 50.4 Å². The van der Waals surface area contributed by atoms with Gasteiger partial charge >= 0.3 is 0 Å². The molecule has 0 saturated carbocycles. The van der Waals surface area contributed by atoms with Gasteiger partial charge in [-0.2, -0.15) is 0 Å². The Morgan fingerprint density at radius 2 is 1.68 bits per heavy atom. The van der Waals surface area contributed by atoms with E-state index < -0.39 is 23.5 Å². The van der Waals surface area contributed by atoms with Crippen LogP contribution in [0.1, 0.15) is 28.3 Å². The molecule has 4 rings (SSSR count). The quantitative estimate of drug-likeness (QED) is 0.256. The van der Waals surface area contributed by atoms with E-state index in [0.717, 1.165) is 11.6 Å². The highest BCUT2D eigenvalue weighted by molar-refractivity contribution is 6.52. The molecule has 1 atom stereocenters. The van der Waals surface area contributed by atoms with Crippen molar-refractivity contribution in [2.75, 3.05) is 12.0 Å². The fraction of sp³-hybridized carbons (Fsp3) is 0.154.